The number of carboxylic acids is 1. The Hall–Kier alpha value is -1.56. The van der Waals surface area contributed by atoms with E-state index in [4.69, 9.17) is 11.6 Å². The van der Waals surface area contributed by atoms with Crippen molar-refractivity contribution in [2.75, 3.05) is 5.32 Å². The molecule has 0 aromatic carbocycles. The topological polar surface area (TPSA) is 84.2 Å². The number of nitrogens with one attached hydrogen (secondary N) is 1. The second kappa shape index (κ2) is 7.00. The van der Waals surface area contributed by atoms with E-state index in [2.05, 4.69) is 17.3 Å². The van der Waals surface area contributed by atoms with Gasteiger partial charge in [0.2, 0.25) is 0 Å². The maximum absolute atomic E-state index is 13.3. The van der Waals surface area contributed by atoms with Gasteiger partial charge in [-0.15, -0.1) is 0 Å². The van der Waals surface area contributed by atoms with Crippen molar-refractivity contribution in [2.24, 2.45) is 29.6 Å². The van der Waals surface area contributed by atoms with Crippen LogP contribution in [0.25, 0.3) is 0 Å². The van der Waals surface area contributed by atoms with Crippen LogP contribution in [0.3, 0.4) is 0 Å². The summed E-state index contributed by atoms with van der Waals surface area (Å²) in [6, 6.07) is 0.296. The summed E-state index contributed by atoms with van der Waals surface area (Å²) in [5, 5.41) is 18.2. The maximum atomic E-state index is 13.3. The molecule has 2 N–H and O–H groups in total. The van der Waals surface area contributed by atoms with Crippen molar-refractivity contribution in [1.82, 2.24) is 9.78 Å². The van der Waals surface area contributed by atoms with Crippen LogP contribution < -0.4 is 10.9 Å². The van der Waals surface area contributed by atoms with Crippen molar-refractivity contribution in [3.63, 3.8) is 0 Å². The first-order valence-corrected chi connectivity index (χ1v) is 11.5. The van der Waals surface area contributed by atoms with Crippen molar-refractivity contribution in [3.05, 3.63) is 21.6 Å². The van der Waals surface area contributed by atoms with Crippen molar-refractivity contribution >= 4 is 23.3 Å². The van der Waals surface area contributed by atoms with Gasteiger partial charge in [-0.2, -0.15) is 5.10 Å². The lowest BCUT2D eigenvalue weighted by Crippen LogP contribution is -2.63. The monoisotopic (exact) mass is 419 g/mol. The number of nitrogens with zero attached hydrogens (tertiary/aromatic N) is 2. The molecule has 1 aromatic rings. The smallest absolute Gasteiger partial charge is 0.309 e. The average Bonchev–Trinajstić information content (AvgIpc) is 2.66. The Balaban J connectivity index is 1.52. The summed E-state index contributed by atoms with van der Waals surface area (Å²) in [6.45, 7) is 2.23. The lowest BCUT2D eigenvalue weighted by molar-refractivity contribution is -0.168. The molecule has 1 heterocycles. The fourth-order valence-corrected chi connectivity index (χ4v) is 7.50. The third kappa shape index (κ3) is 3.01. The molecule has 7 heteroatoms. The van der Waals surface area contributed by atoms with E-state index >= 15 is 0 Å². The number of rotatable bonds is 4. The fourth-order valence-electron chi connectivity index (χ4n) is 7.31. The van der Waals surface area contributed by atoms with E-state index in [-0.39, 0.29) is 16.5 Å². The van der Waals surface area contributed by atoms with Gasteiger partial charge in [0.15, 0.2) is 0 Å². The molecule has 0 saturated heterocycles. The van der Waals surface area contributed by atoms with E-state index in [1.807, 2.05) is 0 Å². The van der Waals surface area contributed by atoms with E-state index < -0.39 is 17.4 Å². The minimum Gasteiger partial charge on any atom is -0.481 e. The van der Waals surface area contributed by atoms with Gasteiger partial charge in [-0.25, -0.2) is 4.68 Å². The van der Waals surface area contributed by atoms with Gasteiger partial charge in [0.1, 0.15) is 5.02 Å². The van der Waals surface area contributed by atoms with E-state index in [9.17, 15) is 14.7 Å². The quantitative estimate of drug-likeness (QED) is 0.766. The highest BCUT2D eigenvalue weighted by Crippen LogP contribution is 2.61. The molecule has 5 aliphatic carbocycles. The summed E-state index contributed by atoms with van der Waals surface area (Å²) in [5.41, 5.74) is -0.477. The molecule has 5 atom stereocenters. The van der Waals surface area contributed by atoms with Gasteiger partial charge in [0.05, 0.1) is 23.3 Å². The molecule has 0 aliphatic heterocycles. The largest absolute Gasteiger partial charge is 0.481 e. The second-order valence-electron chi connectivity index (χ2n) is 10.1. The standard InChI is InChI=1S/C22H30ClN3O3/c1-12-4-2-3-5-16(12)25-17-11-24-26(20(27)19(17)23)22-9-13-6-14(10-22)8-15(7-13)18(22)21(28)29/h11-16,18,25H,2-10H2,1H3,(H,28,29)/t12-,13+,14+,15?,16+,18+,22?/m1/s1. The first-order chi connectivity index (χ1) is 13.9. The van der Waals surface area contributed by atoms with Gasteiger partial charge in [0.25, 0.3) is 5.56 Å². The highest BCUT2D eigenvalue weighted by molar-refractivity contribution is 6.32. The summed E-state index contributed by atoms with van der Waals surface area (Å²) in [5.74, 6) is 0.326. The Morgan fingerprint density at radius 3 is 2.59 bits per heavy atom. The molecule has 1 aromatic heterocycles. The van der Waals surface area contributed by atoms with E-state index in [0.29, 0.717) is 29.5 Å². The third-order valence-corrected chi connectivity index (χ3v) is 8.70. The zero-order valence-corrected chi connectivity index (χ0v) is 17.7. The van der Waals surface area contributed by atoms with Crippen LogP contribution in [-0.2, 0) is 10.3 Å². The van der Waals surface area contributed by atoms with Gasteiger partial charge in [-0.1, -0.05) is 31.4 Å². The molecule has 29 heavy (non-hydrogen) atoms. The number of hydrogen-bond donors (Lipinski definition) is 2. The molecular formula is C22H30ClN3O3. The minimum atomic E-state index is -0.795. The number of aliphatic carboxylic acids is 1. The van der Waals surface area contributed by atoms with Gasteiger partial charge >= 0.3 is 5.97 Å². The minimum absolute atomic E-state index is 0.145. The summed E-state index contributed by atoms with van der Waals surface area (Å²) in [4.78, 5) is 25.6. The molecule has 0 unspecified atom stereocenters. The average molecular weight is 420 g/mol. The predicted octanol–water partition coefficient (Wildman–Crippen LogP) is 4.12. The molecule has 5 saturated carbocycles. The molecule has 5 aliphatic rings. The predicted molar refractivity (Wildman–Crippen MR) is 111 cm³/mol. The van der Waals surface area contributed by atoms with Crippen LogP contribution in [0.1, 0.15) is 64.7 Å². The van der Waals surface area contributed by atoms with Crippen molar-refractivity contribution in [1.29, 1.82) is 0 Å². The first-order valence-electron chi connectivity index (χ1n) is 11.2. The molecule has 4 bridgehead atoms. The Morgan fingerprint density at radius 1 is 1.24 bits per heavy atom. The Labute approximate surface area is 176 Å². The van der Waals surface area contributed by atoms with Crippen molar-refractivity contribution in [2.45, 2.75) is 76.3 Å². The SMILES string of the molecule is C[C@@H]1CCCC[C@@H]1Nc1cnn(C23C[C@@H]4CC(C[C@H](C4)C2)[C@H]3C(=O)O)c(=O)c1Cl. The molecule has 158 valence electrons. The van der Waals surface area contributed by atoms with Crippen LogP contribution in [0, 0.1) is 29.6 Å². The molecule has 0 radical (unpaired) electrons. The van der Waals surface area contributed by atoms with E-state index in [1.54, 1.807) is 6.20 Å². The first kappa shape index (κ1) is 19.4. The van der Waals surface area contributed by atoms with Gasteiger partial charge in [0, 0.05) is 6.04 Å². The van der Waals surface area contributed by atoms with E-state index in [1.165, 1.54) is 23.9 Å². The number of carboxylic acid groups (broad SMARTS) is 1. The van der Waals surface area contributed by atoms with Crippen LogP contribution in [0.2, 0.25) is 5.02 Å². The van der Waals surface area contributed by atoms with Gasteiger partial charge in [-0.05, 0) is 68.6 Å². The Morgan fingerprint density at radius 2 is 1.93 bits per heavy atom. The van der Waals surface area contributed by atoms with Crippen LogP contribution >= 0.6 is 11.6 Å². The number of hydrogen-bond acceptors (Lipinski definition) is 4. The zero-order valence-electron chi connectivity index (χ0n) is 16.9. The van der Waals surface area contributed by atoms with Crippen LogP contribution in [-0.4, -0.2) is 26.9 Å². The van der Waals surface area contributed by atoms with Gasteiger partial charge in [-0.3, -0.25) is 9.59 Å². The van der Waals surface area contributed by atoms with Crippen molar-refractivity contribution < 1.29 is 9.90 Å². The summed E-state index contributed by atoms with van der Waals surface area (Å²) < 4.78 is 1.47. The molecule has 6 nitrogen and oxygen atoms in total. The lowest BCUT2D eigenvalue weighted by Gasteiger charge is -2.59. The number of anilines is 1. The van der Waals surface area contributed by atoms with Crippen LogP contribution in [0.15, 0.2) is 11.0 Å². The molecule has 6 rings (SSSR count). The lowest BCUT2D eigenvalue weighted by atomic mass is 9.48. The second-order valence-corrected chi connectivity index (χ2v) is 10.5. The number of carbonyl (C=O) groups is 1. The van der Waals surface area contributed by atoms with E-state index in [0.717, 1.165) is 38.5 Å². The highest BCUT2D eigenvalue weighted by atomic mass is 35.5. The van der Waals surface area contributed by atoms with Crippen LogP contribution in [0.5, 0.6) is 0 Å². The maximum Gasteiger partial charge on any atom is 0.309 e. The van der Waals surface area contributed by atoms with Crippen LogP contribution in [0.4, 0.5) is 5.69 Å². The molecule has 5 fully saturated rings. The fraction of sp³-hybridized carbons (Fsp3) is 0.773. The third-order valence-electron chi connectivity index (χ3n) is 8.33. The van der Waals surface area contributed by atoms with Gasteiger partial charge < -0.3 is 10.4 Å². The highest BCUT2D eigenvalue weighted by Gasteiger charge is 2.61. The summed E-state index contributed by atoms with van der Waals surface area (Å²) >= 11 is 6.55. The Kier molecular flexibility index (Phi) is 4.68. The zero-order chi connectivity index (χ0) is 20.3. The number of aromatic nitrogens is 2. The molecular weight excluding hydrogens is 390 g/mol. The molecule has 0 spiro atoms. The normalized spacial score (nSPS) is 40.8. The molecule has 0 amide bonds. The Bertz CT molecular complexity index is 871. The number of halogens is 1. The summed E-state index contributed by atoms with van der Waals surface area (Å²) in [6.07, 6.45) is 10.9. The summed E-state index contributed by atoms with van der Waals surface area (Å²) in [7, 11) is 0. The van der Waals surface area contributed by atoms with Crippen molar-refractivity contribution in [3.8, 4) is 0 Å².